The van der Waals surface area contributed by atoms with Crippen molar-refractivity contribution >= 4 is 0 Å². The van der Waals surface area contributed by atoms with E-state index in [-0.39, 0.29) is 52.6 Å². The molecule has 0 rings (SSSR count). The topological polar surface area (TPSA) is 168 Å². The first kappa shape index (κ1) is 27.6. The van der Waals surface area contributed by atoms with Crippen LogP contribution in [0.4, 0.5) is 0 Å². The molecule has 0 aliphatic heterocycles. The van der Waals surface area contributed by atoms with Gasteiger partial charge in [0, 0.05) is 26.2 Å². The fourth-order valence-electron chi connectivity index (χ4n) is 2.96. The summed E-state index contributed by atoms with van der Waals surface area (Å²) < 4.78 is 0. The van der Waals surface area contributed by atoms with Crippen molar-refractivity contribution in [2.24, 2.45) is 0 Å². The summed E-state index contributed by atoms with van der Waals surface area (Å²) in [6.45, 7) is 0.677. The number of aliphatic hydroxyl groups is 8. The number of rotatable bonds is 19. The fourth-order valence-corrected chi connectivity index (χ4v) is 2.96. The number of hydrogen-bond donors (Lipinski definition) is 8. The Balaban J connectivity index is 4.18. The maximum atomic E-state index is 9.58. The van der Waals surface area contributed by atoms with E-state index in [1.807, 2.05) is 9.80 Å². The van der Waals surface area contributed by atoms with Crippen molar-refractivity contribution in [1.29, 1.82) is 0 Å². The largest absolute Gasteiger partial charge is 0.394 e. The maximum absolute atomic E-state index is 9.58. The Hall–Kier alpha value is -0.400. The van der Waals surface area contributed by atoms with Crippen molar-refractivity contribution in [2.45, 2.75) is 50.1 Å². The molecule has 170 valence electrons. The average molecular weight is 413 g/mol. The van der Waals surface area contributed by atoms with Crippen LogP contribution >= 0.6 is 0 Å². The molecule has 4 atom stereocenters. The van der Waals surface area contributed by atoms with E-state index in [1.54, 1.807) is 0 Å². The van der Waals surface area contributed by atoms with E-state index >= 15 is 0 Å². The summed E-state index contributed by atoms with van der Waals surface area (Å²) in [5, 5.41) is 74.2. The summed E-state index contributed by atoms with van der Waals surface area (Å²) in [5.41, 5.74) is 0. The molecular weight excluding hydrogens is 372 g/mol. The zero-order chi connectivity index (χ0) is 21.4. The molecule has 4 unspecified atom stereocenters. The first-order valence-electron chi connectivity index (χ1n) is 9.96. The lowest BCUT2D eigenvalue weighted by Crippen LogP contribution is -2.41. The second kappa shape index (κ2) is 17.5. The molecule has 0 aliphatic carbocycles. The van der Waals surface area contributed by atoms with Crippen molar-refractivity contribution in [3.05, 3.63) is 0 Å². The lowest BCUT2D eigenvalue weighted by molar-refractivity contribution is 0.0214. The Morgan fingerprint density at radius 3 is 0.893 bits per heavy atom. The van der Waals surface area contributed by atoms with Gasteiger partial charge in [0.1, 0.15) is 0 Å². The second-order valence-electron chi connectivity index (χ2n) is 7.28. The second-order valence-corrected chi connectivity index (χ2v) is 7.28. The van der Waals surface area contributed by atoms with Gasteiger partial charge in [0.2, 0.25) is 0 Å². The molecule has 0 heterocycles. The number of aliphatic hydroxyl groups excluding tert-OH is 8. The molecule has 0 saturated heterocycles. The van der Waals surface area contributed by atoms with Gasteiger partial charge in [-0.1, -0.05) is 12.8 Å². The van der Waals surface area contributed by atoms with Gasteiger partial charge in [0.05, 0.1) is 50.8 Å². The predicted molar refractivity (Wildman–Crippen MR) is 104 cm³/mol. The first-order chi connectivity index (χ1) is 13.4. The third-order valence-corrected chi connectivity index (χ3v) is 4.42. The standard InChI is InChI=1S/C18H40N2O8/c21-11-15(25)7-19(8-16(26)12-22)5-3-1-2-4-6-20(9-17(27)13-23)10-18(28)14-24/h15-18,21-28H,1-14H2. The zero-order valence-corrected chi connectivity index (χ0v) is 16.7. The SMILES string of the molecule is OCC(O)CN(CCCCCCN(CC(O)CO)CC(O)CO)CC(O)CO. The smallest absolute Gasteiger partial charge is 0.0897 e. The van der Waals surface area contributed by atoms with Gasteiger partial charge in [-0.2, -0.15) is 0 Å². The molecule has 10 heteroatoms. The third kappa shape index (κ3) is 14.6. The van der Waals surface area contributed by atoms with Crippen LogP contribution in [0.25, 0.3) is 0 Å². The van der Waals surface area contributed by atoms with Crippen LogP contribution in [0.3, 0.4) is 0 Å². The molecule has 0 radical (unpaired) electrons. The number of unbranched alkanes of at least 4 members (excludes halogenated alkanes) is 3. The van der Waals surface area contributed by atoms with Crippen molar-refractivity contribution in [3.63, 3.8) is 0 Å². The molecule has 10 nitrogen and oxygen atoms in total. The number of hydrogen-bond acceptors (Lipinski definition) is 10. The highest BCUT2D eigenvalue weighted by Crippen LogP contribution is 2.06. The van der Waals surface area contributed by atoms with Gasteiger partial charge in [-0.25, -0.2) is 0 Å². The Bertz CT molecular complexity index is 298. The molecule has 0 fully saturated rings. The van der Waals surface area contributed by atoms with Crippen molar-refractivity contribution in [1.82, 2.24) is 9.80 Å². The van der Waals surface area contributed by atoms with Crippen LogP contribution in [0.1, 0.15) is 25.7 Å². The summed E-state index contributed by atoms with van der Waals surface area (Å²) in [7, 11) is 0. The summed E-state index contributed by atoms with van der Waals surface area (Å²) >= 11 is 0. The third-order valence-electron chi connectivity index (χ3n) is 4.42. The van der Waals surface area contributed by atoms with Gasteiger partial charge in [0.25, 0.3) is 0 Å². The predicted octanol–water partition coefficient (Wildman–Crippen LogP) is -3.44. The molecule has 28 heavy (non-hydrogen) atoms. The minimum absolute atomic E-state index is 0.222. The summed E-state index contributed by atoms with van der Waals surface area (Å²) in [5.74, 6) is 0. The van der Waals surface area contributed by atoms with Gasteiger partial charge in [-0.15, -0.1) is 0 Å². The van der Waals surface area contributed by atoms with Crippen LogP contribution in [-0.4, -0.2) is 141 Å². The molecular formula is C18H40N2O8. The summed E-state index contributed by atoms with van der Waals surface area (Å²) in [6, 6.07) is 0. The van der Waals surface area contributed by atoms with Crippen LogP contribution < -0.4 is 0 Å². The van der Waals surface area contributed by atoms with Crippen LogP contribution in [-0.2, 0) is 0 Å². The minimum atomic E-state index is -0.893. The molecule has 0 saturated carbocycles. The van der Waals surface area contributed by atoms with Gasteiger partial charge >= 0.3 is 0 Å². The van der Waals surface area contributed by atoms with E-state index in [9.17, 15) is 20.4 Å². The zero-order valence-electron chi connectivity index (χ0n) is 16.7. The van der Waals surface area contributed by atoms with E-state index in [0.29, 0.717) is 13.1 Å². The Morgan fingerprint density at radius 1 is 0.429 bits per heavy atom. The van der Waals surface area contributed by atoms with Crippen molar-refractivity contribution < 1.29 is 40.9 Å². The summed E-state index contributed by atoms with van der Waals surface area (Å²) in [4.78, 5) is 3.62. The Labute approximate surface area is 167 Å². The Kier molecular flexibility index (Phi) is 17.2. The van der Waals surface area contributed by atoms with Gasteiger partial charge in [-0.05, 0) is 25.9 Å². The molecule has 8 N–H and O–H groups in total. The highest BCUT2D eigenvalue weighted by atomic mass is 16.3. The lowest BCUT2D eigenvalue weighted by atomic mass is 10.1. The van der Waals surface area contributed by atoms with E-state index in [2.05, 4.69) is 0 Å². The first-order valence-corrected chi connectivity index (χ1v) is 9.96. The van der Waals surface area contributed by atoms with E-state index in [1.165, 1.54) is 0 Å². The van der Waals surface area contributed by atoms with Crippen LogP contribution in [0.5, 0.6) is 0 Å². The van der Waals surface area contributed by atoms with E-state index in [0.717, 1.165) is 25.7 Å². The Morgan fingerprint density at radius 2 is 0.679 bits per heavy atom. The average Bonchev–Trinajstić information content (AvgIpc) is 2.69. The molecule has 0 aromatic heterocycles. The van der Waals surface area contributed by atoms with Crippen LogP contribution in [0.2, 0.25) is 0 Å². The lowest BCUT2D eigenvalue weighted by Gasteiger charge is -2.27. The molecule has 0 amide bonds. The number of nitrogens with zero attached hydrogens (tertiary/aromatic N) is 2. The highest BCUT2D eigenvalue weighted by molar-refractivity contribution is 4.70. The maximum Gasteiger partial charge on any atom is 0.0897 e. The van der Waals surface area contributed by atoms with Crippen LogP contribution in [0.15, 0.2) is 0 Å². The monoisotopic (exact) mass is 412 g/mol. The fraction of sp³-hybridized carbons (Fsp3) is 1.00. The van der Waals surface area contributed by atoms with Crippen LogP contribution in [0, 0.1) is 0 Å². The molecule has 0 spiro atoms. The minimum Gasteiger partial charge on any atom is -0.394 e. The van der Waals surface area contributed by atoms with E-state index < -0.39 is 24.4 Å². The molecule has 0 aliphatic rings. The quantitative estimate of drug-likeness (QED) is 0.0999. The van der Waals surface area contributed by atoms with Gasteiger partial charge < -0.3 is 40.9 Å². The van der Waals surface area contributed by atoms with Crippen molar-refractivity contribution in [2.75, 3.05) is 65.7 Å². The van der Waals surface area contributed by atoms with Gasteiger partial charge in [0.15, 0.2) is 0 Å². The molecule has 0 aromatic carbocycles. The van der Waals surface area contributed by atoms with E-state index in [4.69, 9.17) is 20.4 Å². The summed E-state index contributed by atoms with van der Waals surface area (Å²) in [6.07, 6.45) is -0.167. The van der Waals surface area contributed by atoms with Crippen molar-refractivity contribution in [3.8, 4) is 0 Å². The molecule has 0 bridgehead atoms. The van der Waals surface area contributed by atoms with Gasteiger partial charge in [-0.3, -0.25) is 9.80 Å². The molecule has 0 aromatic rings. The normalized spacial score (nSPS) is 16.5. The highest BCUT2D eigenvalue weighted by Gasteiger charge is 2.16.